The predicted molar refractivity (Wildman–Crippen MR) is 120 cm³/mol. The molecule has 4 nitrogen and oxygen atoms in total. The summed E-state index contributed by atoms with van der Waals surface area (Å²) in [6.45, 7) is 2.06. The molecule has 0 amide bonds. The van der Waals surface area contributed by atoms with Gasteiger partial charge in [0.1, 0.15) is 23.4 Å². The van der Waals surface area contributed by atoms with Crippen LogP contribution in [-0.2, 0) is 6.42 Å². The molecule has 1 atom stereocenters. The fraction of sp³-hybridized carbons (Fsp3) is 0.160. The van der Waals surface area contributed by atoms with E-state index in [1.807, 2.05) is 54.6 Å². The summed E-state index contributed by atoms with van der Waals surface area (Å²) in [5, 5.41) is 0. The van der Waals surface area contributed by atoms with Crippen LogP contribution in [0.1, 0.15) is 29.2 Å². The number of benzene rings is 3. The largest absolute Gasteiger partial charge is 0.486 e. The van der Waals surface area contributed by atoms with Gasteiger partial charge in [-0.25, -0.2) is 0 Å². The third kappa shape index (κ3) is 3.76. The average molecular weight is 416 g/mol. The van der Waals surface area contributed by atoms with Gasteiger partial charge in [0.15, 0.2) is 0 Å². The van der Waals surface area contributed by atoms with E-state index in [1.165, 1.54) is 28.2 Å². The standard InChI is InChI=1S/C25H21NO3S/c1-16-4-2-5-19(14-16)29-22-7-3-6-20-21(22)12-13-23(20)28-18-10-8-17(9-11-18)24-15-25(27)26-30-24/h2-11,14-15,23H,12-13H2,1H3,(H,26,27)/t23-/m1/s1. The zero-order valence-corrected chi connectivity index (χ0v) is 17.4. The maximum absolute atomic E-state index is 11.4. The van der Waals surface area contributed by atoms with Gasteiger partial charge in [-0.05, 0) is 78.9 Å². The van der Waals surface area contributed by atoms with E-state index in [1.54, 1.807) is 6.07 Å². The topological polar surface area (TPSA) is 51.3 Å². The molecular weight excluding hydrogens is 394 g/mol. The smallest absolute Gasteiger partial charge is 0.258 e. The maximum Gasteiger partial charge on any atom is 0.258 e. The number of nitrogens with one attached hydrogen (secondary N) is 1. The molecule has 0 bridgehead atoms. The number of aromatic amines is 1. The quantitative estimate of drug-likeness (QED) is 0.418. The summed E-state index contributed by atoms with van der Waals surface area (Å²) in [6, 6.07) is 23.8. The van der Waals surface area contributed by atoms with Gasteiger partial charge in [0, 0.05) is 11.6 Å². The van der Waals surface area contributed by atoms with Crippen LogP contribution < -0.4 is 15.0 Å². The second-order valence-corrected chi connectivity index (χ2v) is 8.34. The minimum atomic E-state index is -0.0680. The van der Waals surface area contributed by atoms with Crippen molar-refractivity contribution in [3.8, 4) is 27.7 Å². The molecule has 1 heterocycles. The predicted octanol–water partition coefficient (Wildman–Crippen LogP) is 6.27. The Labute approximate surface area is 178 Å². The van der Waals surface area contributed by atoms with Gasteiger partial charge in [-0.3, -0.25) is 9.17 Å². The molecule has 4 aromatic rings. The Hall–Kier alpha value is -3.31. The third-order valence-corrected chi connectivity index (χ3v) is 6.21. The first-order chi connectivity index (χ1) is 14.7. The van der Waals surface area contributed by atoms with E-state index in [-0.39, 0.29) is 11.7 Å². The van der Waals surface area contributed by atoms with E-state index in [2.05, 4.69) is 23.4 Å². The second-order valence-electron chi connectivity index (χ2n) is 7.49. The Balaban J connectivity index is 1.34. The van der Waals surface area contributed by atoms with Crippen LogP contribution in [0.3, 0.4) is 0 Å². The average Bonchev–Trinajstić information content (AvgIpc) is 3.36. The number of hydrogen-bond acceptors (Lipinski definition) is 4. The molecule has 1 aliphatic carbocycles. The lowest BCUT2D eigenvalue weighted by atomic mass is 10.1. The molecule has 5 rings (SSSR count). The minimum absolute atomic E-state index is 0.00947. The van der Waals surface area contributed by atoms with Crippen LogP contribution in [0.5, 0.6) is 17.2 Å². The number of aromatic nitrogens is 1. The first-order valence-corrected chi connectivity index (χ1v) is 10.8. The molecule has 0 saturated heterocycles. The fourth-order valence-electron chi connectivity index (χ4n) is 3.89. The van der Waals surface area contributed by atoms with Gasteiger partial charge in [-0.15, -0.1) is 0 Å². The Bertz CT molecular complexity index is 1240. The van der Waals surface area contributed by atoms with Gasteiger partial charge in [-0.2, -0.15) is 0 Å². The zero-order chi connectivity index (χ0) is 20.5. The molecule has 1 aliphatic rings. The highest BCUT2D eigenvalue weighted by Crippen LogP contribution is 2.41. The Morgan fingerprint density at radius 2 is 1.80 bits per heavy atom. The highest BCUT2D eigenvalue weighted by atomic mass is 32.1. The molecular formula is C25H21NO3S. The van der Waals surface area contributed by atoms with E-state index in [0.717, 1.165) is 40.5 Å². The molecule has 5 heteroatoms. The van der Waals surface area contributed by atoms with Crippen molar-refractivity contribution >= 4 is 11.5 Å². The van der Waals surface area contributed by atoms with Crippen LogP contribution in [0, 0.1) is 6.92 Å². The van der Waals surface area contributed by atoms with Crippen LogP contribution in [0.2, 0.25) is 0 Å². The van der Waals surface area contributed by atoms with Crippen molar-refractivity contribution < 1.29 is 9.47 Å². The lowest BCUT2D eigenvalue weighted by Gasteiger charge is -2.16. The van der Waals surface area contributed by atoms with E-state index in [9.17, 15) is 4.79 Å². The summed E-state index contributed by atoms with van der Waals surface area (Å²) in [5.74, 6) is 2.59. The van der Waals surface area contributed by atoms with Crippen LogP contribution in [0.4, 0.5) is 0 Å². The molecule has 1 aromatic heterocycles. The lowest BCUT2D eigenvalue weighted by molar-refractivity contribution is 0.207. The number of H-pyrrole nitrogens is 1. The summed E-state index contributed by atoms with van der Waals surface area (Å²) in [5.41, 5.74) is 4.52. The van der Waals surface area contributed by atoms with Crippen LogP contribution >= 0.6 is 11.5 Å². The van der Waals surface area contributed by atoms with Crippen molar-refractivity contribution in [2.45, 2.75) is 25.9 Å². The molecule has 1 N–H and O–H groups in total. The normalized spacial score (nSPS) is 15.0. The molecule has 0 saturated carbocycles. The summed E-state index contributed by atoms with van der Waals surface area (Å²) >= 11 is 1.34. The highest BCUT2D eigenvalue weighted by molar-refractivity contribution is 7.09. The Kier molecular flexibility index (Phi) is 4.89. The molecule has 0 fully saturated rings. The first-order valence-electron chi connectivity index (χ1n) is 9.98. The molecule has 0 radical (unpaired) electrons. The molecule has 0 spiro atoms. The third-order valence-electron chi connectivity index (χ3n) is 5.33. The molecule has 0 aliphatic heterocycles. The Morgan fingerprint density at radius 1 is 0.967 bits per heavy atom. The van der Waals surface area contributed by atoms with Gasteiger partial charge in [-0.1, -0.05) is 35.8 Å². The van der Waals surface area contributed by atoms with Crippen molar-refractivity contribution in [3.05, 3.63) is 99.8 Å². The maximum atomic E-state index is 11.4. The summed E-state index contributed by atoms with van der Waals surface area (Å²) < 4.78 is 15.2. The van der Waals surface area contributed by atoms with Crippen molar-refractivity contribution in [1.29, 1.82) is 0 Å². The van der Waals surface area contributed by atoms with Crippen molar-refractivity contribution in [2.75, 3.05) is 0 Å². The molecule has 3 aromatic carbocycles. The summed E-state index contributed by atoms with van der Waals surface area (Å²) in [6.07, 6.45) is 1.86. The lowest BCUT2D eigenvalue weighted by Crippen LogP contribution is -2.03. The van der Waals surface area contributed by atoms with Gasteiger partial charge < -0.3 is 9.47 Å². The molecule has 30 heavy (non-hydrogen) atoms. The number of ether oxygens (including phenoxy) is 2. The van der Waals surface area contributed by atoms with E-state index in [4.69, 9.17) is 9.47 Å². The fourth-order valence-corrected chi connectivity index (χ4v) is 4.58. The number of hydrogen-bond donors (Lipinski definition) is 1. The van der Waals surface area contributed by atoms with Gasteiger partial charge in [0.2, 0.25) is 0 Å². The van der Waals surface area contributed by atoms with Crippen molar-refractivity contribution in [2.24, 2.45) is 0 Å². The Morgan fingerprint density at radius 3 is 2.57 bits per heavy atom. The van der Waals surface area contributed by atoms with Crippen LogP contribution in [0.25, 0.3) is 10.4 Å². The monoisotopic (exact) mass is 415 g/mol. The number of aryl methyl sites for hydroxylation is 1. The molecule has 0 unspecified atom stereocenters. The summed E-state index contributed by atoms with van der Waals surface area (Å²) in [4.78, 5) is 12.3. The number of rotatable bonds is 5. The minimum Gasteiger partial charge on any atom is -0.486 e. The van der Waals surface area contributed by atoms with Crippen molar-refractivity contribution in [3.63, 3.8) is 0 Å². The van der Waals surface area contributed by atoms with E-state index in [0.29, 0.717) is 0 Å². The zero-order valence-electron chi connectivity index (χ0n) is 16.6. The van der Waals surface area contributed by atoms with Crippen molar-refractivity contribution in [1.82, 2.24) is 4.37 Å². The van der Waals surface area contributed by atoms with Crippen LogP contribution in [0.15, 0.2) is 77.6 Å². The van der Waals surface area contributed by atoms with Crippen LogP contribution in [-0.4, -0.2) is 4.37 Å². The highest BCUT2D eigenvalue weighted by Gasteiger charge is 2.27. The number of fused-ring (bicyclic) bond motifs is 1. The summed E-state index contributed by atoms with van der Waals surface area (Å²) in [7, 11) is 0. The van der Waals surface area contributed by atoms with Gasteiger partial charge in [0.25, 0.3) is 5.56 Å². The van der Waals surface area contributed by atoms with Gasteiger partial charge >= 0.3 is 0 Å². The second kappa shape index (κ2) is 7.84. The SMILES string of the molecule is Cc1cccc(Oc2cccc3c2CC[C@H]3Oc2ccc(-c3cc(=O)[nH]s3)cc2)c1. The van der Waals surface area contributed by atoms with E-state index < -0.39 is 0 Å². The molecule has 150 valence electrons. The van der Waals surface area contributed by atoms with E-state index >= 15 is 0 Å². The van der Waals surface area contributed by atoms with Gasteiger partial charge in [0.05, 0.1) is 4.88 Å². The first kappa shape index (κ1) is 18.7.